The van der Waals surface area contributed by atoms with Crippen LogP contribution < -0.4 is 14.2 Å². The van der Waals surface area contributed by atoms with E-state index in [1.807, 2.05) is 24.3 Å². The molecule has 23 heavy (non-hydrogen) atoms. The van der Waals surface area contributed by atoms with Gasteiger partial charge < -0.3 is 14.2 Å². The van der Waals surface area contributed by atoms with Crippen molar-refractivity contribution >= 4 is 21.5 Å². The van der Waals surface area contributed by atoms with Crippen molar-refractivity contribution in [2.24, 2.45) is 0 Å². The van der Waals surface area contributed by atoms with Crippen LogP contribution in [0.15, 0.2) is 42.5 Å². The zero-order chi connectivity index (χ0) is 16.2. The third kappa shape index (κ3) is 2.79. The Balaban J connectivity index is 2.23. The molecule has 0 atom stereocenters. The molecule has 0 N–H and O–H groups in total. The van der Waals surface area contributed by atoms with E-state index in [1.54, 1.807) is 14.2 Å². The number of benzene rings is 3. The molecule has 3 heteroatoms. The highest BCUT2D eigenvalue weighted by molar-refractivity contribution is 6.14. The fourth-order valence-corrected chi connectivity index (χ4v) is 2.93. The van der Waals surface area contributed by atoms with E-state index in [4.69, 9.17) is 14.2 Å². The third-order valence-electron chi connectivity index (χ3n) is 4.08. The van der Waals surface area contributed by atoms with Crippen LogP contribution in [0.4, 0.5) is 0 Å². The lowest BCUT2D eigenvalue weighted by atomic mass is 9.99. The summed E-state index contributed by atoms with van der Waals surface area (Å²) in [6.45, 7) is 2.90. The molecule has 3 aromatic carbocycles. The van der Waals surface area contributed by atoms with E-state index in [1.165, 1.54) is 0 Å². The molecule has 0 saturated heterocycles. The fraction of sp³-hybridized carbons (Fsp3) is 0.300. The standard InChI is InChI=1S/C20H22O3/c1-4-5-12-23-14-10-11-17-18(13-14)15-8-6-7-9-16(15)19(21-2)20(17)22-3/h6-11,13H,4-5,12H2,1-3H3. The number of ether oxygens (including phenoxy) is 3. The van der Waals surface area contributed by atoms with Crippen LogP contribution in [0, 0.1) is 0 Å². The van der Waals surface area contributed by atoms with Crippen LogP contribution in [0.5, 0.6) is 17.2 Å². The summed E-state index contributed by atoms with van der Waals surface area (Å²) in [7, 11) is 3.36. The van der Waals surface area contributed by atoms with Crippen LogP contribution in [0.25, 0.3) is 21.5 Å². The van der Waals surface area contributed by atoms with Crippen molar-refractivity contribution < 1.29 is 14.2 Å². The molecule has 0 bridgehead atoms. The first kappa shape index (κ1) is 15.5. The van der Waals surface area contributed by atoms with Crippen LogP contribution in [0.2, 0.25) is 0 Å². The molecule has 0 spiro atoms. The first-order valence-electron chi connectivity index (χ1n) is 7.99. The summed E-state index contributed by atoms with van der Waals surface area (Å²) in [6.07, 6.45) is 2.19. The van der Waals surface area contributed by atoms with E-state index in [0.29, 0.717) is 0 Å². The number of hydrogen-bond acceptors (Lipinski definition) is 3. The molecule has 0 aliphatic rings. The summed E-state index contributed by atoms with van der Waals surface area (Å²) < 4.78 is 17.1. The van der Waals surface area contributed by atoms with Gasteiger partial charge in [0, 0.05) is 10.8 Å². The lowest BCUT2D eigenvalue weighted by Gasteiger charge is -2.16. The Bertz CT molecular complexity index is 824. The Hall–Kier alpha value is -2.42. The molecule has 3 nitrogen and oxygen atoms in total. The minimum atomic E-state index is 0.743. The molecule has 0 fully saturated rings. The molecule has 0 radical (unpaired) electrons. The van der Waals surface area contributed by atoms with Crippen LogP contribution in [-0.2, 0) is 0 Å². The molecule has 0 aromatic heterocycles. The van der Waals surface area contributed by atoms with E-state index >= 15 is 0 Å². The van der Waals surface area contributed by atoms with Gasteiger partial charge in [-0.15, -0.1) is 0 Å². The molecule has 120 valence electrons. The Morgan fingerprint density at radius 3 is 2.09 bits per heavy atom. The predicted molar refractivity (Wildman–Crippen MR) is 95.0 cm³/mol. The normalized spacial score (nSPS) is 10.9. The van der Waals surface area contributed by atoms with E-state index < -0.39 is 0 Å². The van der Waals surface area contributed by atoms with Crippen molar-refractivity contribution in [1.29, 1.82) is 0 Å². The monoisotopic (exact) mass is 310 g/mol. The highest BCUT2D eigenvalue weighted by Crippen LogP contribution is 2.44. The predicted octanol–water partition coefficient (Wildman–Crippen LogP) is 5.19. The number of rotatable bonds is 6. The minimum Gasteiger partial charge on any atom is -0.494 e. The molecular formula is C20H22O3. The molecule has 3 aromatic rings. The summed E-state index contributed by atoms with van der Waals surface area (Å²) in [5.41, 5.74) is 0. The SMILES string of the molecule is CCCCOc1ccc2c(OC)c(OC)c3ccccc3c2c1. The fourth-order valence-electron chi connectivity index (χ4n) is 2.93. The number of fused-ring (bicyclic) bond motifs is 3. The molecule has 0 saturated carbocycles. The Morgan fingerprint density at radius 2 is 1.43 bits per heavy atom. The zero-order valence-corrected chi connectivity index (χ0v) is 13.9. The molecule has 0 aliphatic heterocycles. The van der Waals surface area contributed by atoms with Crippen molar-refractivity contribution in [3.63, 3.8) is 0 Å². The lowest BCUT2D eigenvalue weighted by Crippen LogP contribution is -1.97. The molecule has 3 rings (SSSR count). The summed E-state index contributed by atoms with van der Waals surface area (Å²) in [4.78, 5) is 0. The number of hydrogen-bond donors (Lipinski definition) is 0. The van der Waals surface area contributed by atoms with Gasteiger partial charge in [0.1, 0.15) is 5.75 Å². The van der Waals surface area contributed by atoms with Gasteiger partial charge in [-0.25, -0.2) is 0 Å². The summed E-state index contributed by atoms with van der Waals surface area (Å²) in [6, 6.07) is 14.3. The van der Waals surface area contributed by atoms with Gasteiger partial charge in [0.05, 0.1) is 20.8 Å². The second-order valence-electron chi connectivity index (χ2n) is 5.52. The molecule has 0 heterocycles. The van der Waals surface area contributed by atoms with Crippen LogP contribution in [-0.4, -0.2) is 20.8 Å². The maximum absolute atomic E-state index is 5.86. The van der Waals surface area contributed by atoms with Gasteiger partial charge in [0.2, 0.25) is 0 Å². The molecular weight excluding hydrogens is 288 g/mol. The summed E-state index contributed by atoms with van der Waals surface area (Å²) in [5.74, 6) is 2.43. The minimum absolute atomic E-state index is 0.743. The second-order valence-corrected chi connectivity index (χ2v) is 5.52. The van der Waals surface area contributed by atoms with Gasteiger partial charge in [0.25, 0.3) is 0 Å². The highest BCUT2D eigenvalue weighted by atomic mass is 16.5. The van der Waals surface area contributed by atoms with Gasteiger partial charge >= 0.3 is 0 Å². The number of unbranched alkanes of at least 4 members (excludes halogenated alkanes) is 1. The largest absolute Gasteiger partial charge is 0.494 e. The number of methoxy groups -OCH3 is 2. The quantitative estimate of drug-likeness (QED) is 0.463. The smallest absolute Gasteiger partial charge is 0.169 e. The van der Waals surface area contributed by atoms with Crippen molar-refractivity contribution in [3.05, 3.63) is 42.5 Å². The third-order valence-corrected chi connectivity index (χ3v) is 4.08. The van der Waals surface area contributed by atoms with Crippen molar-refractivity contribution in [3.8, 4) is 17.2 Å². The summed E-state index contributed by atoms with van der Waals surface area (Å²) >= 11 is 0. The maximum Gasteiger partial charge on any atom is 0.169 e. The van der Waals surface area contributed by atoms with Crippen molar-refractivity contribution in [2.75, 3.05) is 20.8 Å². The highest BCUT2D eigenvalue weighted by Gasteiger charge is 2.15. The van der Waals surface area contributed by atoms with E-state index in [0.717, 1.165) is 58.2 Å². The Kier molecular flexibility index (Phi) is 4.56. The van der Waals surface area contributed by atoms with Gasteiger partial charge in [-0.05, 0) is 35.4 Å². The molecule has 0 amide bonds. The van der Waals surface area contributed by atoms with Crippen molar-refractivity contribution in [2.45, 2.75) is 19.8 Å². The first-order chi connectivity index (χ1) is 11.3. The average molecular weight is 310 g/mol. The maximum atomic E-state index is 5.86. The van der Waals surface area contributed by atoms with Gasteiger partial charge in [-0.1, -0.05) is 37.6 Å². The summed E-state index contributed by atoms with van der Waals surface area (Å²) in [5, 5.41) is 4.34. The van der Waals surface area contributed by atoms with E-state index in [-0.39, 0.29) is 0 Å². The van der Waals surface area contributed by atoms with Crippen LogP contribution >= 0.6 is 0 Å². The van der Waals surface area contributed by atoms with Crippen LogP contribution in [0.1, 0.15) is 19.8 Å². The topological polar surface area (TPSA) is 27.7 Å². The zero-order valence-electron chi connectivity index (χ0n) is 13.9. The second kappa shape index (κ2) is 6.78. The Labute approximate surface area is 136 Å². The van der Waals surface area contributed by atoms with Crippen molar-refractivity contribution in [1.82, 2.24) is 0 Å². The molecule has 0 unspecified atom stereocenters. The van der Waals surface area contributed by atoms with Gasteiger partial charge in [-0.3, -0.25) is 0 Å². The average Bonchev–Trinajstić information content (AvgIpc) is 2.60. The molecule has 0 aliphatic carbocycles. The lowest BCUT2D eigenvalue weighted by molar-refractivity contribution is 0.310. The van der Waals surface area contributed by atoms with Gasteiger partial charge in [-0.2, -0.15) is 0 Å². The van der Waals surface area contributed by atoms with Crippen LogP contribution in [0.3, 0.4) is 0 Å². The van der Waals surface area contributed by atoms with E-state index in [2.05, 4.69) is 25.1 Å². The van der Waals surface area contributed by atoms with E-state index in [9.17, 15) is 0 Å². The van der Waals surface area contributed by atoms with Gasteiger partial charge in [0.15, 0.2) is 11.5 Å². The first-order valence-corrected chi connectivity index (χ1v) is 7.99. The Morgan fingerprint density at radius 1 is 0.783 bits per heavy atom.